The van der Waals surface area contributed by atoms with Crippen LogP contribution in [0.2, 0.25) is 0 Å². The Kier molecular flexibility index (Phi) is 4.65. The van der Waals surface area contributed by atoms with Crippen LogP contribution in [0, 0.1) is 6.92 Å². The van der Waals surface area contributed by atoms with Crippen LogP contribution in [0.5, 0.6) is 0 Å². The van der Waals surface area contributed by atoms with Crippen molar-refractivity contribution in [3.8, 4) is 0 Å². The van der Waals surface area contributed by atoms with Gasteiger partial charge in [0.05, 0.1) is 11.9 Å². The molecular formula is C24H22N2. The van der Waals surface area contributed by atoms with Gasteiger partial charge in [0.2, 0.25) is 0 Å². The van der Waals surface area contributed by atoms with Crippen LogP contribution in [0.25, 0.3) is 10.8 Å². The molecule has 4 aromatic rings. The van der Waals surface area contributed by atoms with E-state index in [1.165, 1.54) is 22.1 Å². The SMILES string of the molecule is Cc1ccc(CCc2ccccc2)cc1Nc1cncc2ccccc12. The molecule has 26 heavy (non-hydrogen) atoms. The molecule has 2 heteroatoms. The quantitative estimate of drug-likeness (QED) is 0.477. The molecule has 3 aromatic carbocycles. The third-order valence-corrected chi connectivity index (χ3v) is 4.78. The summed E-state index contributed by atoms with van der Waals surface area (Å²) in [5.41, 5.74) is 6.15. The van der Waals surface area contributed by atoms with Gasteiger partial charge in [-0.1, -0.05) is 66.7 Å². The lowest BCUT2D eigenvalue weighted by Crippen LogP contribution is -1.98. The van der Waals surface area contributed by atoms with Gasteiger partial charge in [0, 0.05) is 22.7 Å². The lowest BCUT2D eigenvalue weighted by Gasteiger charge is -2.13. The first-order valence-corrected chi connectivity index (χ1v) is 9.03. The Morgan fingerprint density at radius 1 is 0.731 bits per heavy atom. The van der Waals surface area contributed by atoms with Gasteiger partial charge in [0.15, 0.2) is 0 Å². The number of nitrogens with one attached hydrogen (secondary N) is 1. The number of benzene rings is 3. The zero-order valence-corrected chi connectivity index (χ0v) is 14.9. The summed E-state index contributed by atoms with van der Waals surface area (Å²) in [5, 5.41) is 5.93. The van der Waals surface area contributed by atoms with E-state index in [2.05, 4.69) is 84.0 Å². The van der Waals surface area contributed by atoms with Crippen LogP contribution < -0.4 is 5.32 Å². The topological polar surface area (TPSA) is 24.9 Å². The first kappa shape index (κ1) is 16.3. The van der Waals surface area contributed by atoms with E-state index in [-0.39, 0.29) is 0 Å². The summed E-state index contributed by atoms with van der Waals surface area (Å²) in [6.45, 7) is 2.14. The highest BCUT2D eigenvalue weighted by Crippen LogP contribution is 2.27. The standard InChI is InChI=1S/C24H22N2/c1-18-11-12-20(14-13-19-7-3-2-4-8-19)15-23(18)26-24-17-25-16-21-9-5-6-10-22(21)24/h2-12,15-17,26H,13-14H2,1H3. The lowest BCUT2D eigenvalue weighted by molar-refractivity contribution is 0.960. The average molecular weight is 338 g/mol. The summed E-state index contributed by atoms with van der Waals surface area (Å²) in [6.07, 6.45) is 5.90. The molecule has 0 saturated heterocycles. The van der Waals surface area contributed by atoms with Crippen LogP contribution >= 0.6 is 0 Å². The Morgan fingerprint density at radius 3 is 2.38 bits per heavy atom. The van der Waals surface area contributed by atoms with Crippen LogP contribution in [-0.4, -0.2) is 4.98 Å². The summed E-state index contributed by atoms with van der Waals surface area (Å²) in [6, 6.07) is 25.7. The van der Waals surface area contributed by atoms with Gasteiger partial charge >= 0.3 is 0 Å². The third kappa shape index (κ3) is 3.60. The van der Waals surface area contributed by atoms with E-state index >= 15 is 0 Å². The molecule has 0 aliphatic rings. The molecule has 0 unspecified atom stereocenters. The summed E-state index contributed by atoms with van der Waals surface area (Å²) < 4.78 is 0. The molecule has 0 fully saturated rings. The van der Waals surface area contributed by atoms with E-state index in [9.17, 15) is 0 Å². The minimum absolute atomic E-state index is 1.03. The largest absolute Gasteiger partial charge is 0.354 e. The number of rotatable bonds is 5. The van der Waals surface area contributed by atoms with Gasteiger partial charge in [-0.15, -0.1) is 0 Å². The van der Waals surface area contributed by atoms with Crippen LogP contribution in [-0.2, 0) is 12.8 Å². The molecule has 0 amide bonds. The summed E-state index contributed by atoms with van der Waals surface area (Å²) in [7, 11) is 0. The van der Waals surface area contributed by atoms with Gasteiger partial charge in [-0.3, -0.25) is 4.98 Å². The molecule has 0 atom stereocenters. The number of anilines is 2. The maximum Gasteiger partial charge on any atom is 0.0650 e. The molecular weight excluding hydrogens is 316 g/mol. The predicted octanol–water partition coefficient (Wildman–Crippen LogP) is 6.07. The molecule has 4 rings (SSSR count). The molecule has 2 nitrogen and oxygen atoms in total. The van der Waals surface area contributed by atoms with Gasteiger partial charge in [0.25, 0.3) is 0 Å². The highest BCUT2D eigenvalue weighted by Gasteiger charge is 2.05. The summed E-state index contributed by atoms with van der Waals surface area (Å²) in [4.78, 5) is 4.37. The molecule has 1 N–H and O–H groups in total. The fourth-order valence-electron chi connectivity index (χ4n) is 3.25. The maximum absolute atomic E-state index is 4.37. The second kappa shape index (κ2) is 7.40. The molecule has 0 bridgehead atoms. The van der Waals surface area contributed by atoms with Crippen molar-refractivity contribution >= 4 is 22.1 Å². The maximum atomic E-state index is 4.37. The van der Waals surface area contributed by atoms with Crippen molar-refractivity contribution in [2.24, 2.45) is 0 Å². The number of nitrogens with zero attached hydrogens (tertiary/aromatic N) is 1. The molecule has 0 aliphatic heterocycles. The van der Waals surface area contributed by atoms with E-state index in [0.717, 1.165) is 29.6 Å². The molecule has 0 saturated carbocycles. The van der Waals surface area contributed by atoms with Gasteiger partial charge in [0.1, 0.15) is 0 Å². The van der Waals surface area contributed by atoms with Gasteiger partial charge in [-0.2, -0.15) is 0 Å². The number of hydrogen-bond acceptors (Lipinski definition) is 2. The zero-order valence-electron chi connectivity index (χ0n) is 14.9. The normalized spacial score (nSPS) is 10.8. The van der Waals surface area contributed by atoms with Crippen molar-refractivity contribution in [3.63, 3.8) is 0 Å². The summed E-state index contributed by atoms with van der Waals surface area (Å²) >= 11 is 0. The second-order valence-electron chi connectivity index (χ2n) is 6.67. The minimum atomic E-state index is 1.03. The van der Waals surface area contributed by atoms with Gasteiger partial charge in [-0.05, 0) is 42.5 Å². The van der Waals surface area contributed by atoms with E-state index in [4.69, 9.17) is 0 Å². The van der Waals surface area contributed by atoms with E-state index < -0.39 is 0 Å². The average Bonchev–Trinajstić information content (AvgIpc) is 2.69. The van der Waals surface area contributed by atoms with E-state index in [1.54, 1.807) is 0 Å². The van der Waals surface area contributed by atoms with E-state index in [1.807, 2.05) is 18.5 Å². The van der Waals surface area contributed by atoms with E-state index in [0.29, 0.717) is 0 Å². The fourth-order valence-corrected chi connectivity index (χ4v) is 3.25. The predicted molar refractivity (Wildman–Crippen MR) is 110 cm³/mol. The smallest absolute Gasteiger partial charge is 0.0650 e. The number of hydrogen-bond donors (Lipinski definition) is 1. The monoisotopic (exact) mass is 338 g/mol. The Balaban J connectivity index is 1.58. The number of aryl methyl sites for hydroxylation is 3. The first-order chi connectivity index (χ1) is 12.8. The van der Waals surface area contributed by atoms with Crippen molar-refractivity contribution in [2.45, 2.75) is 19.8 Å². The van der Waals surface area contributed by atoms with Gasteiger partial charge < -0.3 is 5.32 Å². The Morgan fingerprint density at radius 2 is 1.50 bits per heavy atom. The van der Waals surface area contributed by atoms with Crippen LogP contribution in [0.1, 0.15) is 16.7 Å². The molecule has 0 aliphatic carbocycles. The van der Waals surface area contributed by atoms with Crippen LogP contribution in [0.4, 0.5) is 11.4 Å². The van der Waals surface area contributed by atoms with Crippen molar-refractivity contribution in [1.29, 1.82) is 0 Å². The fraction of sp³-hybridized carbons (Fsp3) is 0.125. The van der Waals surface area contributed by atoms with Crippen molar-refractivity contribution in [2.75, 3.05) is 5.32 Å². The third-order valence-electron chi connectivity index (χ3n) is 4.78. The van der Waals surface area contributed by atoms with Gasteiger partial charge in [-0.25, -0.2) is 0 Å². The Bertz CT molecular complexity index is 1020. The highest BCUT2D eigenvalue weighted by molar-refractivity contribution is 5.94. The highest BCUT2D eigenvalue weighted by atomic mass is 14.9. The minimum Gasteiger partial charge on any atom is -0.354 e. The van der Waals surface area contributed by atoms with Crippen molar-refractivity contribution in [1.82, 2.24) is 4.98 Å². The number of pyridine rings is 1. The lowest BCUT2D eigenvalue weighted by atomic mass is 10.0. The van der Waals surface area contributed by atoms with Crippen molar-refractivity contribution < 1.29 is 0 Å². The zero-order chi connectivity index (χ0) is 17.8. The molecule has 0 spiro atoms. The number of aromatic nitrogens is 1. The van der Waals surface area contributed by atoms with Crippen molar-refractivity contribution in [3.05, 3.63) is 102 Å². The number of fused-ring (bicyclic) bond motifs is 1. The Labute approximate surface area is 154 Å². The second-order valence-corrected chi connectivity index (χ2v) is 6.67. The molecule has 1 heterocycles. The molecule has 1 aromatic heterocycles. The van der Waals surface area contributed by atoms with Crippen LogP contribution in [0.3, 0.4) is 0 Å². The molecule has 128 valence electrons. The first-order valence-electron chi connectivity index (χ1n) is 9.03. The summed E-state index contributed by atoms with van der Waals surface area (Å²) in [5.74, 6) is 0. The molecule has 0 radical (unpaired) electrons. The Hall–Kier alpha value is -3.13. The van der Waals surface area contributed by atoms with Crippen LogP contribution in [0.15, 0.2) is 85.2 Å².